The predicted molar refractivity (Wildman–Crippen MR) is 121 cm³/mol. The van der Waals surface area contributed by atoms with Gasteiger partial charge in [0.15, 0.2) is 5.69 Å². The number of carbonyl (C=O) groups excluding carboxylic acids is 2. The molecule has 1 aromatic heterocycles. The number of benzene rings is 2. The van der Waals surface area contributed by atoms with Crippen LogP contribution in [0.4, 0.5) is 0 Å². The maximum absolute atomic E-state index is 12.2. The molecule has 2 aromatic carbocycles. The van der Waals surface area contributed by atoms with Gasteiger partial charge in [-0.2, -0.15) is 0 Å². The van der Waals surface area contributed by atoms with E-state index in [0.29, 0.717) is 5.69 Å². The van der Waals surface area contributed by atoms with Crippen LogP contribution in [0.25, 0.3) is 21.0 Å². The normalized spacial score (nSPS) is 11.2. The van der Waals surface area contributed by atoms with Gasteiger partial charge < -0.3 is 9.47 Å². The van der Waals surface area contributed by atoms with Gasteiger partial charge in [-0.1, -0.05) is 42.5 Å². The Bertz CT molecular complexity index is 1020. The van der Waals surface area contributed by atoms with E-state index in [1.165, 1.54) is 30.2 Å². The highest BCUT2D eigenvalue weighted by atomic mass is 32.2. The van der Waals surface area contributed by atoms with E-state index in [1.807, 2.05) is 75.4 Å². The Labute approximate surface area is 184 Å². The number of ether oxygens (including phenoxy) is 2. The van der Waals surface area contributed by atoms with Crippen LogP contribution in [0.15, 0.2) is 59.5 Å². The molecule has 156 valence electrons. The molecule has 3 aromatic rings. The van der Waals surface area contributed by atoms with Crippen molar-refractivity contribution < 1.29 is 19.1 Å². The van der Waals surface area contributed by atoms with Crippen LogP contribution in [0.5, 0.6) is 0 Å². The van der Waals surface area contributed by atoms with Crippen molar-refractivity contribution in [2.45, 2.75) is 31.3 Å². The van der Waals surface area contributed by atoms with Crippen LogP contribution < -0.4 is 0 Å². The van der Waals surface area contributed by atoms with E-state index >= 15 is 0 Å². The maximum Gasteiger partial charge on any atom is 0.358 e. The lowest BCUT2D eigenvalue weighted by Crippen LogP contribution is -2.24. The second-order valence-corrected chi connectivity index (χ2v) is 9.50. The number of hydrogen-bond donors (Lipinski definition) is 0. The lowest BCUT2D eigenvalue weighted by Gasteiger charge is -2.19. The highest BCUT2D eigenvalue weighted by Gasteiger charge is 2.21. The maximum atomic E-state index is 12.2. The molecule has 0 aliphatic rings. The quantitative estimate of drug-likeness (QED) is 0.361. The van der Waals surface area contributed by atoms with Gasteiger partial charge in [-0.05, 0) is 38.5 Å². The third kappa shape index (κ3) is 5.70. The molecular weight excluding hydrogens is 418 g/mol. The molecule has 1 heterocycles. The first kappa shape index (κ1) is 22.1. The van der Waals surface area contributed by atoms with E-state index in [1.54, 1.807) is 0 Å². The average Bonchev–Trinajstić information content (AvgIpc) is 3.17. The van der Waals surface area contributed by atoms with Crippen molar-refractivity contribution >= 4 is 35.0 Å². The molecule has 0 amide bonds. The van der Waals surface area contributed by atoms with Crippen LogP contribution in [0, 0.1) is 0 Å². The Morgan fingerprint density at radius 2 is 1.67 bits per heavy atom. The van der Waals surface area contributed by atoms with Gasteiger partial charge in [-0.25, -0.2) is 9.78 Å². The van der Waals surface area contributed by atoms with Crippen molar-refractivity contribution in [3.63, 3.8) is 0 Å². The summed E-state index contributed by atoms with van der Waals surface area (Å²) < 4.78 is 10.2. The van der Waals surface area contributed by atoms with Gasteiger partial charge in [-0.15, -0.1) is 23.1 Å². The molecule has 30 heavy (non-hydrogen) atoms. The van der Waals surface area contributed by atoms with Gasteiger partial charge in [0.05, 0.1) is 17.7 Å². The van der Waals surface area contributed by atoms with Crippen molar-refractivity contribution in [2.75, 3.05) is 12.9 Å². The predicted octanol–water partition coefficient (Wildman–Crippen LogP) is 5.70. The SMILES string of the molecule is COC(=O)c1nc(-c2ccc(SCC(=O)OC(C)(C)C)cc2)sc1-c1ccccc1. The van der Waals surface area contributed by atoms with Gasteiger partial charge in [0.25, 0.3) is 0 Å². The average molecular weight is 442 g/mol. The Hall–Kier alpha value is -2.64. The number of hydrogen-bond acceptors (Lipinski definition) is 7. The molecule has 3 rings (SSSR count). The first-order valence-corrected chi connectivity index (χ1v) is 11.2. The molecule has 5 nitrogen and oxygen atoms in total. The number of nitrogens with zero attached hydrogens (tertiary/aromatic N) is 1. The van der Waals surface area contributed by atoms with Crippen molar-refractivity contribution in [1.82, 2.24) is 4.98 Å². The van der Waals surface area contributed by atoms with Crippen LogP contribution in [0.3, 0.4) is 0 Å². The molecule has 0 N–H and O–H groups in total. The Morgan fingerprint density at radius 3 is 2.27 bits per heavy atom. The lowest BCUT2D eigenvalue weighted by atomic mass is 10.1. The Balaban J connectivity index is 1.79. The van der Waals surface area contributed by atoms with Gasteiger partial charge in [0.2, 0.25) is 0 Å². The number of thioether (sulfide) groups is 1. The van der Waals surface area contributed by atoms with Crippen molar-refractivity contribution in [2.24, 2.45) is 0 Å². The third-order valence-corrected chi connectivity index (χ3v) is 6.06. The largest absolute Gasteiger partial charge is 0.464 e. The summed E-state index contributed by atoms with van der Waals surface area (Å²) in [6, 6.07) is 17.4. The van der Waals surface area contributed by atoms with Crippen LogP contribution >= 0.6 is 23.1 Å². The zero-order chi connectivity index (χ0) is 21.7. The Kier molecular flexibility index (Phi) is 6.95. The minimum atomic E-state index is -0.486. The molecular formula is C23H23NO4S2. The van der Waals surface area contributed by atoms with Crippen LogP contribution in [0.1, 0.15) is 31.3 Å². The zero-order valence-electron chi connectivity index (χ0n) is 17.3. The molecule has 0 unspecified atom stereocenters. The molecule has 0 saturated carbocycles. The fourth-order valence-corrected chi connectivity index (χ4v) is 4.41. The lowest BCUT2D eigenvalue weighted by molar-refractivity contribution is -0.151. The van der Waals surface area contributed by atoms with E-state index < -0.39 is 11.6 Å². The monoisotopic (exact) mass is 441 g/mol. The summed E-state index contributed by atoms with van der Waals surface area (Å²) in [4.78, 5) is 30.4. The molecule has 7 heteroatoms. The van der Waals surface area contributed by atoms with E-state index in [4.69, 9.17) is 9.47 Å². The summed E-state index contributed by atoms with van der Waals surface area (Å²) in [5, 5.41) is 0.734. The number of methoxy groups -OCH3 is 1. The summed E-state index contributed by atoms with van der Waals surface area (Å²) in [6.45, 7) is 5.56. The number of esters is 2. The number of carbonyl (C=O) groups is 2. The second-order valence-electron chi connectivity index (χ2n) is 7.45. The molecule has 0 spiro atoms. The van der Waals surface area contributed by atoms with E-state index in [0.717, 1.165) is 25.9 Å². The molecule has 0 aliphatic heterocycles. The second kappa shape index (κ2) is 9.45. The fourth-order valence-electron chi connectivity index (χ4n) is 2.67. The summed E-state index contributed by atoms with van der Waals surface area (Å²) in [5.41, 5.74) is 1.65. The minimum absolute atomic E-state index is 0.244. The summed E-state index contributed by atoms with van der Waals surface area (Å²) >= 11 is 2.87. The summed E-state index contributed by atoms with van der Waals surface area (Å²) in [7, 11) is 1.35. The number of thiazole rings is 1. The van der Waals surface area contributed by atoms with Crippen molar-refractivity contribution in [3.8, 4) is 21.0 Å². The number of rotatable bonds is 6. The van der Waals surface area contributed by atoms with Gasteiger partial charge >= 0.3 is 11.9 Å². The summed E-state index contributed by atoms with van der Waals surface area (Å²) in [6.07, 6.45) is 0. The van der Waals surface area contributed by atoms with E-state index in [2.05, 4.69) is 4.98 Å². The molecule has 0 aliphatic carbocycles. The minimum Gasteiger partial charge on any atom is -0.464 e. The standard InChI is InChI=1S/C23H23NO4S2/c1-23(2,3)28-18(25)14-29-17-12-10-16(11-13-17)21-24-19(22(26)27-4)20(30-21)15-8-6-5-7-9-15/h5-13H,14H2,1-4H3. The van der Waals surface area contributed by atoms with E-state index in [9.17, 15) is 9.59 Å². The topological polar surface area (TPSA) is 65.5 Å². The molecule has 0 atom stereocenters. The molecule has 0 radical (unpaired) electrons. The first-order chi connectivity index (χ1) is 14.3. The number of aromatic nitrogens is 1. The molecule has 0 fully saturated rings. The van der Waals surface area contributed by atoms with Gasteiger partial charge in [0.1, 0.15) is 10.6 Å². The van der Waals surface area contributed by atoms with Crippen LogP contribution in [-0.2, 0) is 14.3 Å². The smallest absolute Gasteiger partial charge is 0.358 e. The van der Waals surface area contributed by atoms with Crippen molar-refractivity contribution in [1.29, 1.82) is 0 Å². The van der Waals surface area contributed by atoms with Crippen LogP contribution in [0.2, 0.25) is 0 Å². The zero-order valence-corrected chi connectivity index (χ0v) is 18.9. The first-order valence-electron chi connectivity index (χ1n) is 9.36. The van der Waals surface area contributed by atoms with Crippen LogP contribution in [-0.4, -0.2) is 35.4 Å². The summed E-state index contributed by atoms with van der Waals surface area (Å²) in [5.74, 6) is -0.453. The molecule has 0 bridgehead atoms. The Morgan fingerprint density at radius 1 is 1.00 bits per heavy atom. The van der Waals surface area contributed by atoms with Gasteiger partial charge in [0, 0.05) is 10.5 Å². The highest BCUT2D eigenvalue weighted by molar-refractivity contribution is 8.00. The fraction of sp³-hybridized carbons (Fsp3) is 0.261. The van der Waals surface area contributed by atoms with Gasteiger partial charge in [-0.3, -0.25) is 4.79 Å². The highest BCUT2D eigenvalue weighted by Crippen LogP contribution is 2.36. The molecule has 0 saturated heterocycles. The van der Waals surface area contributed by atoms with Crippen molar-refractivity contribution in [3.05, 3.63) is 60.3 Å². The third-order valence-electron chi connectivity index (χ3n) is 3.92. The van der Waals surface area contributed by atoms with E-state index in [-0.39, 0.29) is 11.7 Å².